The molecule has 1 aliphatic heterocycles. The van der Waals surface area contributed by atoms with Crippen molar-refractivity contribution in [3.05, 3.63) is 47.9 Å². The summed E-state index contributed by atoms with van der Waals surface area (Å²) in [6.45, 7) is 2.15. The fraction of sp³-hybridized carbons (Fsp3) is 0.400. The van der Waals surface area contributed by atoms with Crippen molar-refractivity contribution in [1.29, 1.82) is 0 Å². The molecule has 0 N–H and O–H groups in total. The zero-order valence-corrected chi connectivity index (χ0v) is 17.3. The number of carbonyl (C=O) groups is 1. The largest absolute Gasteiger partial charge is 0.475 e. The third-order valence-corrected chi connectivity index (χ3v) is 4.71. The molecule has 0 bridgehead atoms. The van der Waals surface area contributed by atoms with Gasteiger partial charge in [0.25, 0.3) is 0 Å². The second kappa shape index (κ2) is 10.9. The van der Waals surface area contributed by atoms with Gasteiger partial charge in [-0.25, -0.2) is 4.98 Å². The van der Waals surface area contributed by atoms with E-state index in [2.05, 4.69) is 15.0 Å². The highest BCUT2D eigenvalue weighted by molar-refractivity contribution is 7.98. The predicted octanol–water partition coefficient (Wildman–Crippen LogP) is 2.06. The predicted molar refractivity (Wildman–Crippen MR) is 110 cm³/mol. The van der Waals surface area contributed by atoms with Gasteiger partial charge in [-0.05, 0) is 24.5 Å². The topological polar surface area (TPSA) is 86.7 Å². The molecule has 1 fully saturated rings. The van der Waals surface area contributed by atoms with Crippen LogP contribution in [-0.2, 0) is 20.9 Å². The highest BCUT2D eigenvalue weighted by atomic mass is 32.2. The molecule has 0 aliphatic carbocycles. The average Bonchev–Trinajstić information content (AvgIpc) is 2.77. The van der Waals surface area contributed by atoms with Gasteiger partial charge in [-0.1, -0.05) is 17.8 Å². The highest BCUT2D eigenvalue weighted by Gasteiger charge is 2.24. The Bertz CT molecular complexity index is 834. The Balaban J connectivity index is 1.55. The van der Waals surface area contributed by atoms with Gasteiger partial charge in [0.2, 0.25) is 11.8 Å². The zero-order valence-electron chi connectivity index (χ0n) is 16.5. The average molecular weight is 417 g/mol. The van der Waals surface area contributed by atoms with Crippen molar-refractivity contribution in [3.63, 3.8) is 0 Å². The van der Waals surface area contributed by atoms with Crippen LogP contribution in [0.3, 0.4) is 0 Å². The zero-order chi connectivity index (χ0) is 20.5. The maximum absolute atomic E-state index is 12.5. The Morgan fingerprint density at radius 1 is 1.41 bits per heavy atom. The van der Waals surface area contributed by atoms with E-state index >= 15 is 0 Å². The lowest BCUT2D eigenvalue weighted by atomic mass is 10.2. The van der Waals surface area contributed by atoms with E-state index in [1.54, 1.807) is 30.3 Å². The van der Waals surface area contributed by atoms with E-state index in [0.29, 0.717) is 43.9 Å². The van der Waals surface area contributed by atoms with Crippen molar-refractivity contribution in [2.75, 3.05) is 39.7 Å². The van der Waals surface area contributed by atoms with E-state index in [-0.39, 0.29) is 12.0 Å². The molecular weight excluding hydrogens is 392 g/mol. The molecule has 3 heterocycles. The lowest BCUT2D eigenvalue weighted by Crippen LogP contribution is -2.47. The molecule has 1 unspecified atom stereocenters. The molecule has 1 aliphatic rings. The maximum Gasteiger partial charge on any atom is 0.246 e. The summed E-state index contributed by atoms with van der Waals surface area (Å²) < 4.78 is 16.7. The minimum atomic E-state index is -0.227. The summed E-state index contributed by atoms with van der Waals surface area (Å²) in [5.41, 5.74) is 1.50. The number of thioether (sulfide) groups is 1. The van der Waals surface area contributed by atoms with Gasteiger partial charge in [-0.15, -0.1) is 0 Å². The number of pyridine rings is 1. The first-order valence-electron chi connectivity index (χ1n) is 9.21. The van der Waals surface area contributed by atoms with Crippen molar-refractivity contribution in [3.8, 4) is 5.88 Å². The number of amides is 1. The minimum Gasteiger partial charge on any atom is -0.475 e. The van der Waals surface area contributed by atoms with Crippen LogP contribution in [0.25, 0.3) is 6.08 Å². The second-order valence-electron chi connectivity index (χ2n) is 6.29. The Kier molecular flexibility index (Phi) is 7.97. The molecule has 3 rings (SSSR count). The van der Waals surface area contributed by atoms with Gasteiger partial charge in [0, 0.05) is 32.0 Å². The van der Waals surface area contributed by atoms with Gasteiger partial charge < -0.3 is 19.1 Å². The quantitative estimate of drug-likeness (QED) is 0.367. The molecular formula is C20H24N4O4S. The van der Waals surface area contributed by atoms with Crippen LogP contribution in [0.1, 0.15) is 11.4 Å². The lowest BCUT2D eigenvalue weighted by Gasteiger charge is -2.32. The summed E-state index contributed by atoms with van der Waals surface area (Å²) in [5.74, 6) is 0.400. The first-order chi connectivity index (χ1) is 14.2. The number of carbonyl (C=O) groups excluding carboxylic acids is 1. The molecule has 8 nitrogen and oxygen atoms in total. The summed E-state index contributed by atoms with van der Waals surface area (Å²) in [4.78, 5) is 27.1. The van der Waals surface area contributed by atoms with E-state index in [1.807, 2.05) is 24.5 Å². The van der Waals surface area contributed by atoms with Crippen LogP contribution in [0, 0.1) is 0 Å². The van der Waals surface area contributed by atoms with Gasteiger partial charge in [-0.2, -0.15) is 4.98 Å². The van der Waals surface area contributed by atoms with Crippen LogP contribution in [0.2, 0.25) is 0 Å². The smallest absolute Gasteiger partial charge is 0.246 e. The maximum atomic E-state index is 12.5. The van der Waals surface area contributed by atoms with Crippen molar-refractivity contribution in [1.82, 2.24) is 19.9 Å². The molecule has 0 spiro atoms. The first kappa shape index (κ1) is 21.2. The van der Waals surface area contributed by atoms with Crippen LogP contribution in [0.4, 0.5) is 0 Å². The molecule has 0 aromatic carbocycles. The standard InChI is InChI=1S/C20H24N4O4S/c1-26-13-16-11-18(23-20(22-16)29-2)28-14-17-12-24(9-10-27-17)19(25)7-6-15-5-3-4-8-21-15/h3-8,11,17H,9-10,12-14H2,1-2H3. The number of rotatable bonds is 8. The van der Waals surface area contributed by atoms with Crippen molar-refractivity contribution in [2.24, 2.45) is 0 Å². The van der Waals surface area contributed by atoms with Crippen molar-refractivity contribution in [2.45, 2.75) is 17.9 Å². The number of ether oxygens (including phenoxy) is 3. The fourth-order valence-corrected chi connectivity index (χ4v) is 3.16. The van der Waals surface area contributed by atoms with Crippen LogP contribution >= 0.6 is 11.8 Å². The number of hydrogen-bond acceptors (Lipinski definition) is 8. The molecule has 0 radical (unpaired) electrons. The molecule has 29 heavy (non-hydrogen) atoms. The van der Waals surface area contributed by atoms with Crippen LogP contribution < -0.4 is 4.74 Å². The number of aromatic nitrogens is 3. The van der Waals surface area contributed by atoms with Gasteiger partial charge in [0.1, 0.15) is 12.7 Å². The van der Waals surface area contributed by atoms with E-state index < -0.39 is 0 Å². The Morgan fingerprint density at radius 3 is 3.07 bits per heavy atom. The molecule has 2 aromatic heterocycles. The molecule has 1 saturated heterocycles. The summed E-state index contributed by atoms with van der Waals surface area (Å²) >= 11 is 1.44. The molecule has 0 saturated carbocycles. The highest BCUT2D eigenvalue weighted by Crippen LogP contribution is 2.17. The van der Waals surface area contributed by atoms with E-state index in [9.17, 15) is 4.79 Å². The van der Waals surface area contributed by atoms with Crippen molar-refractivity contribution < 1.29 is 19.0 Å². The Labute approximate surface area is 174 Å². The van der Waals surface area contributed by atoms with E-state index in [1.165, 1.54) is 17.8 Å². The normalized spacial score (nSPS) is 16.9. The first-order valence-corrected chi connectivity index (χ1v) is 10.4. The second-order valence-corrected chi connectivity index (χ2v) is 7.07. The van der Waals surface area contributed by atoms with Gasteiger partial charge in [-0.3, -0.25) is 9.78 Å². The summed E-state index contributed by atoms with van der Waals surface area (Å²) in [6, 6.07) is 7.32. The lowest BCUT2D eigenvalue weighted by molar-refractivity contribution is -0.134. The third-order valence-electron chi connectivity index (χ3n) is 4.16. The SMILES string of the molecule is COCc1cc(OCC2CN(C(=O)C=Cc3ccccn3)CCO2)nc(SC)n1. The molecule has 1 atom stereocenters. The van der Waals surface area contributed by atoms with Crippen LogP contribution in [0.5, 0.6) is 5.88 Å². The minimum absolute atomic E-state index is 0.0713. The summed E-state index contributed by atoms with van der Waals surface area (Å²) in [7, 11) is 1.62. The molecule has 154 valence electrons. The van der Waals surface area contributed by atoms with E-state index in [0.717, 1.165) is 11.4 Å². The number of nitrogens with zero attached hydrogens (tertiary/aromatic N) is 4. The summed E-state index contributed by atoms with van der Waals surface area (Å²) in [6.07, 6.45) is 6.62. The molecule has 1 amide bonds. The van der Waals surface area contributed by atoms with Gasteiger partial charge >= 0.3 is 0 Å². The van der Waals surface area contributed by atoms with Crippen molar-refractivity contribution >= 4 is 23.7 Å². The number of hydrogen-bond donors (Lipinski definition) is 0. The number of morpholine rings is 1. The van der Waals surface area contributed by atoms with Crippen LogP contribution in [0.15, 0.2) is 41.7 Å². The van der Waals surface area contributed by atoms with Gasteiger partial charge in [0.15, 0.2) is 5.16 Å². The van der Waals surface area contributed by atoms with E-state index in [4.69, 9.17) is 14.2 Å². The third kappa shape index (κ3) is 6.52. The molecule has 2 aromatic rings. The monoisotopic (exact) mass is 416 g/mol. The Hall–Kier alpha value is -2.49. The van der Waals surface area contributed by atoms with Gasteiger partial charge in [0.05, 0.1) is 31.1 Å². The Morgan fingerprint density at radius 2 is 2.31 bits per heavy atom. The summed E-state index contributed by atoms with van der Waals surface area (Å²) in [5, 5.41) is 0.621. The van der Waals surface area contributed by atoms with Crippen LogP contribution in [-0.4, -0.2) is 71.5 Å². The fourth-order valence-electron chi connectivity index (χ4n) is 2.77. The number of methoxy groups -OCH3 is 1. The molecule has 9 heteroatoms.